The van der Waals surface area contributed by atoms with E-state index < -0.39 is 6.04 Å². The lowest BCUT2D eigenvalue weighted by Crippen LogP contribution is -2.35. The van der Waals surface area contributed by atoms with Crippen molar-refractivity contribution in [3.63, 3.8) is 0 Å². The van der Waals surface area contributed by atoms with Gasteiger partial charge in [0.05, 0.1) is 6.04 Å². The van der Waals surface area contributed by atoms with E-state index in [4.69, 9.17) is 5.73 Å². The van der Waals surface area contributed by atoms with E-state index in [1.807, 2.05) is 4.90 Å². The molecular weight excluding hydrogens is 316 g/mol. The van der Waals surface area contributed by atoms with Crippen LogP contribution in [-0.2, 0) is 4.79 Å². The van der Waals surface area contributed by atoms with Crippen molar-refractivity contribution < 1.29 is 9.59 Å². The lowest BCUT2D eigenvalue weighted by atomic mass is 10.2. The van der Waals surface area contributed by atoms with Crippen molar-refractivity contribution in [2.75, 3.05) is 23.7 Å². The van der Waals surface area contributed by atoms with E-state index in [-0.39, 0.29) is 24.3 Å². The number of urea groups is 1. The molecule has 1 aliphatic heterocycles. The van der Waals surface area contributed by atoms with Crippen LogP contribution in [0.25, 0.3) is 0 Å². The zero-order valence-electron chi connectivity index (χ0n) is 13.4. The molecule has 4 N–H and O–H groups in total. The summed E-state index contributed by atoms with van der Waals surface area (Å²) in [7, 11) is 0. The van der Waals surface area contributed by atoms with Crippen LogP contribution >= 0.6 is 12.4 Å². The molecule has 1 aromatic rings. The maximum Gasteiger partial charge on any atom is 0.321 e. The summed E-state index contributed by atoms with van der Waals surface area (Å²) < 4.78 is 0. The third-order valence-electron chi connectivity index (χ3n) is 3.71. The van der Waals surface area contributed by atoms with Gasteiger partial charge < -0.3 is 21.3 Å². The number of nitrogens with one attached hydrogen (secondary N) is 2. The maximum atomic E-state index is 12.2. The fourth-order valence-corrected chi connectivity index (χ4v) is 2.37. The largest absolute Gasteiger partial charge is 0.325 e. The Hall–Kier alpha value is -1.79. The van der Waals surface area contributed by atoms with Crippen molar-refractivity contribution >= 4 is 35.7 Å². The lowest BCUT2D eigenvalue weighted by Gasteiger charge is -2.20. The summed E-state index contributed by atoms with van der Waals surface area (Å²) in [6.45, 7) is 3.26. The Bertz CT molecular complexity index is 511. The average Bonchev–Trinajstić information content (AvgIpc) is 2.78. The van der Waals surface area contributed by atoms with Crippen LogP contribution in [0.15, 0.2) is 24.3 Å². The molecule has 0 aromatic heterocycles. The zero-order valence-corrected chi connectivity index (χ0v) is 14.2. The second kappa shape index (κ2) is 9.37. The molecule has 3 amide bonds. The third-order valence-corrected chi connectivity index (χ3v) is 3.71. The summed E-state index contributed by atoms with van der Waals surface area (Å²) in [5.41, 5.74) is 6.88. The topological polar surface area (TPSA) is 87.5 Å². The summed E-state index contributed by atoms with van der Waals surface area (Å²) in [5, 5.41) is 5.60. The highest BCUT2D eigenvalue weighted by molar-refractivity contribution is 5.95. The van der Waals surface area contributed by atoms with Crippen LogP contribution in [0.2, 0.25) is 0 Å². The molecule has 6 nitrogen and oxygen atoms in total. The van der Waals surface area contributed by atoms with Gasteiger partial charge in [-0.2, -0.15) is 0 Å². The minimum atomic E-state index is -0.553. The standard InChI is InChI=1S/C16H24N4O2.ClH/c1-12(17)15(21)18-13-6-8-14(9-7-13)19-16(22)20-10-4-2-3-5-11-20;/h6-9,12H,2-5,10-11,17H2,1H3,(H,18,21)(H,19,22);1H/t12-;/m1./s1. The number of rotatable bonds is 3. The monoisotopic (exact) mass is 340 g/mol. The normalized spacial score (nSPS) is 15.8. The summed E-state index contributed by atoms with van der Waals surface area (Å²) >= 11 is 0. The summed E-state index contributed by atoms with van der Waals surface area (Å²) in [6.07, 6.45) is 4.51. The molecule has 0 unspecified atom stereocenters. The van der Waals surface area contributed by atoms with Gasteiger partial charge in [0.1, 0.15) is 0 Å². The van der Waals surface area contributed by atoms with Gasteiger partial charge in [-0.3, -0.25) is 4.79 Å². The van der Waals surface area contributed by atoms with Gasteiger partial charge in [0.25, 0.3) is 0 Å². The fourth-order valence-electron chi connectivity index (χ4n) is 2.37. The van der Waals surface area contributed by atoms with Crippen LogP contribution in [0.5, 0.6) is 0 Å². The second-order valence-electron chi connectivity index (χ2n) is 5.69. The molecule has 0 spiro atoms. The quantitative estimate of drug-likeness (QED) is 0.790. The number of carbonyl (C=O) groups excluding carboxylic acids is 2. The van der Waals surface area contributed by atoms with E-state index in [9.17, 15) is 9.59 Å². The molecule has 0 aliphatic carbocycles. The Morgan fingerprint density at radius 1 is 1.00 bits per heavy atom. The van der Waals surface area contributed by atoms with E-state index in [0.717, 1.165) is 25.9 Å². The van der Waals surface area contributed by atoms with Gasteiger partial charge in [-0.15, -0.1) is 12.4 Å². The molecule has 1 aromatic carbocycles. The van der Waals surface area contributed by atoms with E-state index >= 15 is 0 Å². The highest BCUT2D eigenvalue weighted by Gasteiger charge is 2.15. The van der Waals surface area contributed by atoms with Gasteiger partial charge in [0.15, 0.2) is 0 Å². The molecule has 7 heteroatoms. The molecule has 1 heterocycles. The molecule has 0 saturated carbocycles. The summed E-state index contributed by atoms with van der Waals surface area (Å²) in [6, 6.07) is 6.42. The van der Waals surface area contributed by atoms with Gasteiger partial charge in [-0.05, 0) is 44.0 Å². The van der Waals surface area contributed by atoms with Crippen LogP contribution in [-0.4, -0.2) is 36.0 Å². The number of nitrogens with zero attached hydrogens (tertiary/aromatic N) is 1. The highest BCUT2D eigenvalue weighted by atomic mass is 35.5. The summed E-state index contributed by atoms with van der Waals surface area (Å²) in [5.74, 6) is -0.235. The van der Waals surface area contributed by atoms with Crippen LogP contribution in [0.4, 0.5) is 16.2 Å². The SMILES string of the molecule is C[C@@H](N)C(=O)Nc1ccc(NC(=O)N2CCCCCC2)cc1.Cl. The average molecular weight is 341 g/mol. The predicted molar refractivity (Wildman–Crippen MR) is 95.0 cm³/mol. The van der Waals surface area contributed by atoms with Crippen LogP contribution in [0, 0.1) is 0 Å². The summed E-state index contributed by atoms with van der Waals surface area (Å²) in [4.78, 5) is 25.6. The Morgan fingerprint density at radius 3 is 1.96 bits per heavy atom. The van der Waals surface area contributed by atoms with E-state index in [0.29, 0.717) is 11.4 Å². The Kier molecular flexibility index (Phi) is 7.85. The molecule has 23 heavy (non-hydrogen) atoms. The number of hydrogen-bond acceptors (Lipinski definition) is 3. The van der Waals surface area contributed by atoms with Crippen molar-refractivity contribution in [3.05, 3.63) is 24.3 Å². The first kappa shape index (κ1) is 19.3. The first-order valence-corrected chi connectivity index (χ1v) is 7.79. The van der Waals surface area contributed by atoms with Crippen LogP contribution < -0.4 is 16.4 Å². The van der Waals surface area contributed by atoms with Gasteiger partial charge in [0, 0.05) is 24.5 Å². The van der Waals surface area contributed by atoms with Crippen LogP contribution in [0.1, 0.15) is 32.6 Å². The number of carbonyl (C=O) groups is 2. The zero-order chi connectivity index (χ0) is 15.9. The van der Waals surface area contributed by atoms with Gasteiger partial charge in [-0.1, -0.05) is 12.8 Å². The minimum absolute atomic E-state index is 0. The molecule has 1 saturated heterocycles. The third kappa shape index (κ3) is 6.08. The van der Waals surface area contributed by atoms with Gasteiger partial charge in [-0.25, -0.2) is 4.79 Å². The lowest BCUT2D eigenvalue weighted by molar-refractivity contribution is -0.117. The molecule has 2 rings (SSSR count). The first-order chi connectivity index (χ1) is 10.6. The molecule has 1 atom stereocenters. The number of nitrogens with two attached hydrogens (primary N) is 1. The van der Waals surface area contributed by atoms with E-state index in [1.165, 1.54) is 12.8 Å². The Labute approximate surface area is 143 Å². The predicted octanol–water partition coefficient (Wildman–Crippen LogP) is 2.80. The van der Waals surface area contributed by atoms with Crippen molar-refractivity contribution in [1.29, 1.82) is 0 Å². The molecule has 1 aliphatic rings. The van der Waals surface area contributed by atoms with Crippen molar-refractivity contribution in [2.45, 2.75) is 38.6 Å². The molecule has 1 fully saturated rings. The first-order valence-electron chi connectivity index (χ1n) is 7.79. The minimum Gasteiger partial charge on any atom is -0.325 e. The van der Waals surface area contributed by atoms with Gasteiger partial charge in [0.2, 0.25) is 5.91 Å². The van der Waals surface area contributed by atoms with Gasteiger partial charge >= 0.3 is 6.03 Å². The van der Waals surface area contributed by atoms with E-state index in [2.05, 4.69) is 10.6 Å². The Morgan fingerprint density at radius 2 is 1.48 bits per heavy atom. The van der Waals surface area contributed by atoms with E-state index in [1.54, 1.807) is 31.2 Å². The molecule has 0 radical (unpaired) electrons. The van der Waals surface area contributed by atoms with Crippen molar-refractivity contribution in [2.24, 2.45) is 5.73 Å². The maximum absolute atomic E-state index is 12.2. The highest BCUT2D eigenvalue weighted by Crippen LogP contribution is 2.16. The number of likely N-dealkylation sites (tertiary alicyclic amines) is 1. The number of halogens is 1. The van der Waals surface area contributed by atoms with Crippen molar-refractivity contribution in [1.82, 2.24) is 4.90 Å². The van der Waals surface area contributed by atoms with Crippen molar-refractivity contribution in [3.8, 4) is 0 Å². The molecule has 0 bridgehead atoms. The smallest absolute Gasteiger partial charge is 0.321 e. The Balaban J connectivity index is 0.00000264. The number of hydrogen-bond donors (Lipinski definition) is 3. The number of benzene rings is 1. The number of anilines is 2. The van der Waals surface area contributed by atoms with Crippen LogP contribution in [0.3, 0.4) is 0 Å². The fraction of sp³-hybridized carbons (Fsp3) is 0.500. The second-order valence-corrected chi connectivity index (χ2v) is 5.69. The molecule has 128 valence electrons. The molecular formula is C16H25ClN4O2. The number of amides is 3.